The zero-order valence-electron chi connectivity index (χ0n) is 15.6. The normalized spacial score (nSPS) is 23.8. The van der Waals surface area contributed by atoms with Gasteiger partial charge in [0, 0.05) is 17.5 Å². The van der Waals surface area contributed by atoms with Crippen molar-refractivity contribution < 1.29 is 0 Å². The maximum absolute atomic E-state index is 4.73. The number of nitrogens with zero attached hydrogens (tertiary/aromatic N) is 3. The summed E-state index contributed by atoms with van der Waals surface area (Å²) >= 11 is 0. The summed E-state index contributed by atoms with van der Waals surface area (Å²) in [6.07, 6.45) is 6.00. The highest BCUT2D eigenvalue weighted by molar-refractivity contribution is 6.09. The Balaban J connectivity index is 1.62. The van der Waals surface area contributed by atoms with E-state index in [1.807, 2.05) is 0 Å². The van der Waals surface area contributed by atoms with E-state index in [1.165, 1.54) is 35.7 Å². The lowest BCUT2D eigenvalue weighted by Gasteiger charge is -2.24. The van der Waals surface area contributed by atoms with Crippen LogP contribution in [-0.4, -0.2) is 14.5 Å². The summed E-state index contributed by atoms with van der Waals surface area (Å²) in [6, 6.07) is 17.6. The quantitative estimate of drug-likeness (QED) is 0.467. The molecule has 3 aliphatic rings. The Labute approximate surface area is 159 Å². The third kappa shape index (κ3) is 2.14. The minimum absolute atomic E-state index is 0.759. The highest BCUT2D eigenvalue weighted by atomic mass is 15.0. The molecular formula is C24H23N3. The Morgan fingerprint density at radius 2 is 1.85 bits per heavy atom. The van der Waals surface area contributed by atoms with Crippen LogP contribution in [0.25, 0.3) is 33.2 Å². The molecule has 27 heavy (non-hydrogen) atoms. The third-order valence-corrected chi connectivity index (χ3v) is 6.88. The standard InChI is InChI=1S/C24H23N3/c1-2-27-21-9-8-17(19-12-15-10-18(19)11-15)13-20(21)23-24(27)22(25-14-26-23)16-6-4-3-5-7-16/h3-9,13-15,18-19H,2,10-12H2,1H3. The summed E-state index contributed by atoms with van der Waals surface area (Å²) in [5, 5.41) is 1.29. The van der Waals surface area contributed by atoms with Gasteiger partial charge in [-0.3, -0.25) is 0 Å². The van der Waals surface area contributed by atoms with Crippen molar-refractivity contribution in [3.05, 3.63) is 60.4 Å². The Bertz CT molecular complexity index is 1150. The molecule has 0 radical (unpaired) electrons. The molecule has 3 saturated carbocycles. The average Bonchev–Trinajstić information content (AvgIpc) is 3.38. The van der Waals surface area contributed by atoms with Crippen molar-refractivity contribution in [3.8, 4) is 11.3 Å². The number of benzene rings is 2. The van der Waals surface area contributed by atoms with Crippen LogP contribution >= 0.6 is 0 Å². The van der Waals surface area contributed by atoms with Crippen molar-refractivity contribution in [2.24, 2.45) is 11.8 Å². The molecule has 0 aliphatic heterocycles. The molecule has 0 spiro atoms. The molecule has 3 nitrogen and oxygen atoms in total. The predicted molar refractivity (Wildman–Crippen MR) is 110 cm³/mol. The van der Waals surface area contributed by atoms with E-state index >= 15 is 0 Å². The van der Waals surface area contributed by atoms with Gasteiger partial charge in [0.15, 0.2) is 0 Å². The molecule has 3 aliphatic carbocycles. The topological polar surface area (TPSA) is 30.7 Å². The SMILES string of the molecule is CCn1c2ccc(C3CC4CC3C4)cc2c2ncnc(-c3ccccc3)c21. The second-order valence-corrected chi connectivity index (χ2v) is 8.25. The van der Waals surface area contributed by atoms with Gasteiger partial charge in [-0.15, -0.1) is 0 Å². The van der Waals surface area contributed by atoms with Crippen molar-refractivity contribution in [3.63, 3.8) is 0 Å². The maximum Gasteiger partial charge on any atom is 0.116 e. The van der Waals surface area contributed by atoms with Gasteiger partial charge >= 0.3 is 0 Å². The average molecular weight is 353 g/mol. The van der Waals surface area contributed by atoms with Gasteiger partial charge in [-0.2, -0.15) is 0 Å². The molecule has 3 fully saturated rings. The largest absolute Gasteiger partial charge is 0.338 e. The summed E-state index contributed by atoms with van der Waals surface area (Å²) in [5.74, 6) is 2.66. The van der Waals surface area contributed by atoms with E-state index in [-0.39, 0.29) is 0 Å². The first-order valence-corrected chi connectivity index (χ1v) is 10.2. The second kappa shape index (κ2) is 5.66. The molecule has 7 rings (SSSR count). The third-order valence-electron chi connectivity index (χ3n) is 6.88. The molecule has 2 bridgehead atoms. The number of rotatable bonds is 3. The Morgan fingerprint density at radius 1 is 1.00 bits per heavy atom. The van der Waals surface area contributed by atoms with Crippen LogP contribution in [-0.2, 0) is 6.54 Å². The monoisotopic (exact) mass is 353 g/mol. The molecule has 134 valence electrons. The molecule has 0 amide bonds. The van der Waals surface area contributed by atoms with Gasteiger partial charge in [0.25, 0.3) is 0 Å². The van der Waals surface area contributed by atoms with Gasteiger partial charge in [0.05, 0.1) is 16.7 Å². The van der Waals surface area contributed by atoms with Crippen molar-refractivity contribution in [2.75, 3.05) is 0 Å². The predicted octanol–water partition coefficient (Wildman–Crippen LogP) is 5.78. The van der Waals surface area contributed by atoms with E-state index in [2.05, 4.69) is 65.0 Å². The van der Waals surface area contributed by atoms with Gasteiger partial charge < -0.3 is 4.57 Å². The molecule has 2 aromatic carbocycles. The molecule has 0 N–H and O–H groups in total. The summed E-state index contributed by atoms with van der Waals surface area (Å²) < 4.78 is 2.38. The van der Waals surface area contributed by atoms with Crippen molar-refractivity contribution >= 4 is 21.9 Å². The number of fused-ring (bicyclic) bond motifs is 4. The smallest absolute Gasteiger partial charge is 0.116 e. The minimum Gasteiger partial charge on any atom is -0.338 e. The summed E-state index contributed by atoms with van der Waals surface area (Å²) in [5.41, 5.74) is 7.23. The van der Waals surface area contributed by atoms with Crippen molar-refractivity contribution in [1.82, 2.24) is 14.5 Å². The maximum atomic E-state index is 4.73. The highest BCUT2D eigenvalue weighted by Crippen LogP contribution is 2.57. The van der Waals surface area contributed by atoms with E-state index < -0.39 is 0 Å². The van der Waals surface area contributed by atoms with Gasteiger partial charge in [0.1, 0.15) is 11.8 Å². The molecular weight excluding hydrogens is 330 g/mol. The lowest BCUT2D eigenvalue weighted by molar-refractivity contribution is 0.294. The number of aromatic nitrogens is 3. The number of hydrogen-bond donors (Lipinski definition) is 0. The van der Waals surface area contributed by atoms with Crippen LogP contribution < -0.4 is 0 Å². The Morgan fingerprint density at radius 3 is 2.59 bits per heavy atom. The van der Waals surface area contributed by atoms with E-state index in [9.17, 15) is 0 Å². The number of aryl methyl sites for hydroxylation is 1. The molecule has 1 atom stereocenters. The highest BCUT2D eigenvalue weighted by Gasteiger charge is 2.44. The van der Waals surface area contributed by atoms with Gasteiger partial charge in [0.2, 0.25) is 0 Å². The fraction of sp³-hybridized carbons (Fsp3) is 0.333. The molecule has 4 aromatic rings. The van der Waals surface area contributed by atoms with E-state index in [4.69, 9.17) is 4.98 Å². The fourth-order valence-corrected chi connectivity index (χ4v) is 5.57. The van der Waals surface area contributed by atoms with E-state index in [0.717, 1.165) is 46.6 Å². The van der Waals surface area contributed by atoms with Crippen LogP contribution in [0.2, 0.25) is 0 Å². The first kappa shape index (κ1) is 15.4. The molecule has 2 heterocycles. The fourth-order valence-electron chi connectivity index (χ4n) is 5.57. The van der Waals surface area contributed by atoms with Crippen molar-refractivity contribution in [2.45, 2.75) is 38.6 Å². The van der Waals surface area contributed by atoms with Gasteiger partial charge in [-0.25, -0.2) is 9.97 Å². The van der Waals surface area contributed by atoms with Crippen LogP contribution in [0.5, 0.6) is 0 Å². The Kier molecular flexibility index (Phi) is 3.22. The lowest BCUT2D eigenvalue weighted by atomic mass is 9.81. The zero-order chi connectivity index (χ0) is 18.0. The molecule has 0 saturated heterocycles. The van der Waals surface area contributed by atoms with Crippen LogP contribution in [0.1, 0.15) is 37.7 Å². The van der Waals surface area contributed by atoms with Crippen LogP contribution in [0.15, 0.2) is 54.9 Å². The van der Waals surface area contributed by atoms with E-state index in [0.29, 0.717) is 0 Å². The number of hydrogen-bond acceptors (Lipinski definition) is 2. The van der Waals surface area contributed by atoms with Gasteiger partial charge in [-0.1, -0.05) is 36.4 Å². The summed E-state index contributed by atoms with van der Waals surface area (Å²) in [7, 11) is 0. The summed E-state index contributed by atoms with van der Waals surface area (Å²) in [6.45, 7) is 3.13. The minimum atomic E-state index is 0.759. The molecule has 2 aromatic heterocycles. The van der Waals surface area contributed by atoms with Gasteiger partial charge in [-0.05, 0) is 61.6 Å². The van der Waals surface area contributed by atoms with Crippen LogP contribution in [0, 0.1) is 11.8 Å². The Hall–Kier alpha value is -2.68. The zero-order valence-corrected chi connectivity index (χ0v) is 15.6. The molecule has 1 unspecified atom stereocenters. The van der Waals surface area contributed by atoms with Crippen molar-refractivity contribution in [1.29, 1.82) is 0 Å². The second-order valence-electron chi connectivity index (χ2n) is 8.25. The van der Waals surface area contributed by atoms with Crippen LogP contribution in [0.4, 0.5) is 0 Å². The van der Waals surface area contributed by atoms with E-state index in [1.54, 1.807) is 6.33 Å². The first-order chi connectivity index (χ1) is 13.3. The summed E-state index contributed by atoms with van der Waals surface area (Å²) in [4.78, 5) is 9.40. The van der Waals surface area contributed by atoms with Crippen LogP contribution in [0.3, 0.4) is 0 Å². The lowest BCUT2D eigenvalue weighted by Crippen LogP contribution is -2.13. The first-order valence-electron chi connectivity index (χ1n) is 10.2. The molecule has 3 heteroatoms.